The van der Waals surface area contributed by atoms with Crippen LogP contribution in [0.2, 0.25) is 0 Å². The van der Waals surface area contributed by atoms with Crippen LogP contribution in [0, 0.1) is 0 Å². The topological polar surface area (TPSA) is 46.5 Å². The number of nitrogens with zero attached hydrogens (tertiary/aromatic N) is 2. The molecule has 2 aromatic carbocycles. The lowest BCUT2D eigenvalue weighted by Crippen LogP contribution is -1.93. The number of nitrogens with one attached hydrogen (secondary N) is 1. The van der Waals surface area contributed by atoms with Crippen molar-refractivity contribution in [2.24, 2.45) is 4.99 Å². The number of methoxy groups -OCH3 is 1. The highest BCUT2D eigenvalue weighted by atomic mass is 16.5. The average Bonchev–Trinajstić information content (AvgIpc) is 2.62. The highest BCUT2D eigenvalue weighted by molar-refractivity contribution is 5.79. The molecule has 0 amide bonds. The molecule has 0 atom stereocenters. The van der Waals surface area contributed by atoms with E-state index in [0.717, 1.165) is 28.5 Å². The molecule has 0 aliphatic carbocycles. The Kier molecular flexibility index (Phi) is 4.64. The van der Waals surface area contributed by atoms with Gasteiger partial charge in [0, 0.05) is 11.9 Å². The Morgan fingerprint density at radius 2 is 1.74 bits per heavy atom. The predicted octanol–water partition coefficient (Wildman–Crippen LogP) is 4.58. The minimum Gasteiger partial charge on any atom is -0.495 e. The molecule has 0 aliphatic heterocycles. The van der Waals surface area contributed by atoms with Gasteiger partial charge in [-0.1, -0.05) is 18.2 Å². The fourth-order valence-electron chi connectivity index (χ4n) is 2.13. The van der Waals surface area contributed by atoms with Crippen LogP contribution in [-0.2, 0) is 0 Å². The zero-order chi connectivity index (χ0) is 15.9. The van der Waals surface area contributed by atoms with Crippen LogP contribution in [0.1, 0.15) is 5.69 Å². The van der Waals surface area contributed by atoms with Crippen LogP contribution in [0.25, 0.3) is 0 Å². The van der Waals surface area contributed by atoms with Crippen LogP contribution in [0.15, 0.2) is 77.9 Å². The molecule has 4 nitrogen and oxygen atoms in total. The Labute approximate surface area is 135 Å². The van der Waals surface area contributed by atoms with Gasteiger partial charge in [-0.3, -0.25) is 9.98 Å². The van der Waals surface area contributed by atoms with Crippen LogP contribution in [-0.4, -0.2) is 18.3 Å². The Balaban J connectivity index is 1.71. The maximum atomic E-state index is 5.34. The van der Waals surface area contributed by atoms with E-state index in [9.17, 15) is 0 Å². The van der Waals surface area contributed by atoms with Gasteiger partial charge in [-0.15, -0.1) is 0 Å². The van der Waals surface area contributed by atoms with Crippen LogP contribution in [0.3, 0.4) is 0 Å². The van der Waals surface area contributed by atoms with Gasteiger partial charge in [0.15, 0.2) is 0 Å². The summed E-state index contributed by atoms with van der Waals surface area (Å²) in [4.78, 5) is 8.63. The molecule has 0 unspecified atom stereocenters. The number of ether oxygens (including phenoxy) is 1. The SMILES string of the molecule is COc1ccccc1Nc1ccc(N=Cc2ccccn2)cc1. The zero-order valence-corrected chi connectivity index (χ0v) is 12.8. The van der Waals surface area contributed by atoms with Crippen LogP contribution >= 0.6 is 0 Å². The first-order valence-corrected chi connectivity index (χ1v) is 7.30. The molecule has 0 saturated heterocycles. The van der Waals surface area contributed by atoms with Gasteiger partial charge in [-0.05, 0) is 48.5 Å². The summed E-state index contributed by atoms with van der Waals surface area (Å²) in [6, 6.07) is 21.4. The third kappa shape index (κ3) is 3.95. The van der Waals surface area contributed by atoms with Crippen molar-refractivity contribution in [3.05, 3.63) is 78.6 Å². The van der Waals surface area contributed by atoms with E-state index in [0.29, 0.717) is 0 Å². The van der Waals surface area contributed by atoms with Gasteiger partial charge >= 0.3 is 0 Å². The molecule has 4 heteroatoms. The fraction of sp³-hybridized carbons (Fsp3) is 0.0526. The number of benzene rings is 2. The molecule has 0 saturated carbocycles. The average molecular weight is 303 g/mol. The number of aliphatic imine (C=N–C) groups is 1. The normalized spacial score (nSPS) is 10.7. The Morgan fingerprint density at radius 3 is 2.48 bits per heavy atom. The number of hydrogen-bond acceptors (Lipinski definition) is 4. The van der Waals surface area contributed by atoms with E-state index < -0.39 is 0 Å². The summed E-state index contributed by atoms with van der Waals surface area (Å²) in [5.74, 6) is 0.810. The summed E-state index contributed by atoms with van der Waals surface area (Å²) >= 11 is 0. The molecule has 0 spiro atoms. The first-order chi connectivity index (χ1) is 11.3. The molecule has 0 radical (unpaired) electrons. The van der Waals surface area contributed by atoms with Crippen molar-refractivity contribution in [2.45, 2.75) is 0 Å². The number of para-hydroxylation sites is 2. The van der Waals surface area contributed by atoms with Gasteiger partial charge < -0.3 is 10.1 Å². The van der Waals surface area contributed by atoms with Crippen LogP contribution in [0.5, 0.6) is 5.75 Å². The molecule has 23 heavy (non-hydrogen) atoms. The summed E-state index contributed by atoms with van der Waals surface area (Å²) in [6.45, 7) is 0. The predicted molar refractivity (Wildman–Crippen MR) is 94.2 cm³/mol. The second-order valence-corrected chi connectivity index (χ2v) is 4.88. The van der Waals surface area contributed by atoms with E-state index in [1.165, 1.54) is 0 Å². The molecule has 1 heterocycles. The zero-order valence-electron chi connectivity index (χ0n) is 12.8. The first kappa shape index (κ1) is 14.8. The maximum Gasteiger partial charge on any atom is 0.142 e. The summed E-state index contributed by atoms with van der Waals surface area (Å²) in [5.41, 5.74) is 3.62. The van der Waals surface area contributed by atoms with Crippen molar-refractivity contribution in [2.75, 3.05) is 12.4 Å². The number of pyridine rings is 1. The minimum atomic E-state index is 0.810. The van der Waals surface area contributed by atoms with Crippen molar-refractivity contribution in [3.63, 3.8) is 0 Å². The van der Waals surface area contributed by atoms with Crippen LogP contribution in [0.4, 0.5) is 17.1 Å². The Hall–Kier alpha value is -3.14. The van der Waals surface area contributed by atoms with Crippen LogP contribution < -0.4 is 10.1 Å². The largest absolute Gasteiger partial charge is 0.495 e. The van der Waals surface area contributed by atoms with E-state index >= 15 is 0 Å². The second-order valence-electron chi connectivity index (χ2n) is 4.88. The number of aromatic nitrogens is 1. The van der Waals surface area contributed by atoms with E-state index in [4.69, 9.17) is 4.74 Å². The van der Waals surface area contributed by atoms with E-state index in [-0.39, 0.29) is 0 Å². The van der Waals surface area contributed by atoms with Gasteiger partial charge in [0.2, 0.25) is 0 Å². The summed E-state index contributed by atoms with van der Waals surface area (Å²) < 4.78 is 5.34. The number of rotatable bonds is 5. The third-order valence-corrected chi connectivity index (χ3v) is 3.29. The lowest BCUT2D eigenvalue weighted by Gasteiger charge is -2.10. The Morgan fingerprint density at radius 1 is 0.957 bits per heavy atom. The lowest BCUT2D eigenvalue weighted by molar-refractivity contribution is 0.417. The molecule has 0 aliphatic rings. The fourth-order valence-corrected chi connectivity index (χ4v) is 2.13. The maximum absolute atomic E-state index is 5.34. The van der Waals surface area contributed by atoms with Gasteiger partial charge in [-0.25, -0.2) is 0 Å². The minimum absolute atomic E-state index is 0.810. The van der Waals surface area contributed by atoms with Crippen molar-refractivity contribution in [1.29, 1.82) is 0 Å². The van der Waals surface area contributed by atoms with E-state index in [2.05, 4.69) is 15.3 Å². The summed E-state index contributed by atoms with van der Waals surface area (Å²) in [7, 11) is 1.66. The molecule has 1 aromatic heterocycles. The monoisotopic (exact) mass is 303 g/mol. The van der Waals surface area contributed by atoms with Gasteiger partial charge in [0.25, 0.3) is 0 Å². The van der Waals surface area contributed by atoms with Gasteiger partial charge in [-0.2, -0.15) is 0 Å². The molecule has 0 fully saturated rings. The smallest absolute Gasteiger partial charge is 0.142 e. The molecule has 114 valence electrons. The molecule has 1 N–H and O–H groups in total. The number of hydrogen-bond donors (Lipinski definition) is 1. The van der Waals surface area contributed by atoms with Gasteiger partial charge in [0.1, 0.15) is 5.75 Å². The first-order valence-electron chi connectivity index (χ1n) is 7.30. The quantitative estimate of drug-likeness (QED) is 0.701. The van der Waals surface area contributed by atoms with E-state index in [1.54, 1.807) is 19.5 Å². The van der Waals surface area contributed by atoms with Gasteiger partial charge in [0.05, 0.1) is 30.4 Å². The molecular weight excluding hydrogens is 286 g/mol. The van der Waals surface area contributed by atoms with Crippen molar-refractivity contribution in [1.82, 2.24) is 4.98 Å². The Bertz CT molecular complexity index is 783. The second kappa shape index (κ2) is 7.22. The van der Waals surface area contributed by atoms with Crippen molar-refractivity contribution in [3.8, 4) is 5.75 Å². The van der Waals surface area contributed by atoms with Crippen molar-refractivity contribution >= 4 is 23.3 Å². The third-order valence-electron chi connectivity index (χ3n) is 3.29. The lowest BCUT2D eigenvalue weighted by atomic mass is 10.2. The molecule has 3 rings (SSSR count). The highest BCUT2D eigenvalue weighted by Gasteiger charge is 2.01. The molecule has 0 bridgehead atoms. The number of anilines is 2. The summed E-state index contributed by atoms with van der Waals surface area (Å²) in [5, 5.41) is 3.34. The molecule has 3 aromatic rings. The van der Waals surface area contributed by atoms with Crippen molar-refractivity contribution < 1.29 is 4.74 Å². The summed E-state index contributed by atoms with van der Waals surface area (Å²) in [6.07, 6.45) is 3.50. The molecular formula is C19H17N3O. The highest BCUT2D eigenvalue weighted by Crippen LogP contribution is 2.27. The standard InChI is InChI=1S/C19H17N3O/c1-23-19-8-3-2-7-18(19)22-16-11-9-15(10-12-16)21-14-17-6-4-5-13-20-17/h2-14,22H,1H3. The van der Waals surface area contributed by atoms with E-state index in [1.807, 2.05) is 66.7 Å².